The number of amides is 1. The Kier molecular flexibility index (Phi) is 9.06. The molecule has 0 radical (unpaired) electrons. The fourth-order valence-corrected chi connectivity index (χ4v) is 2.02. The molecule has 0 aliphatic rings. The van der Waals surface area contributed by atoms with Crippen LogP contribution in [0.25, 0.3) is 0 Å². The van der Waals surface area contributed by atoms with Crippen LogP contribution in [0, 0.1) is 0 Å². The molecule has 0 unspecified atom stereocenters. The number of rotatable bonds is 6. The summed E-state index contributed by atoms with van der Waals surface area (Å²) >= 11 is 3.49. The number of aryl methyl sites for hydroxylation is 1. The summed E-state index contributed by atoms with van der Waals surface area (Å²) < 4.78 is 1.07. The van der Waals surface area contributed by atoms with Gasteiger partial charge in [0.1, 0.15) is 0 Å². The van der Waals surface area contributed by atoms with Crippen molar-refractivity contribution >= 4 is 34.2 Å². The third-order valence-corrected chi connectivity index (χ3v) is 3.46. The van der Waals surface area contributed by atoms with Crippen LogP contribution in [0.3, 0.4) is 0 Å². The van der Waals surface area contributed by atoms with Gasteiger partial charge in [0, 0.05) is 31.0 Å². The van der Waals surface area contributed by atoms with Crippen LogP contribution in [-0.4, -0.2) is 38.0 Å². The summed E-state index contributed by atoms with van der Waals surface area (Å²) in [5, 5.41) is 3.03. The topological polar surface area (TPSA) is 32.3 Å². The zero-order chi connectivity index (χ0) is 12.7. The van der Waals surface area contributed by atoms with Crippen molar-refractivity contribution in [3.05, 3.63) is 34.3 Å². The lowest BCUT2D eigenvalue weighted by Gasteiger charge is -2.16. The molecule has 18 heavy (non-hydrogen) atoms. The number of hydrogen-bond donors (Lipinski definition) is 1. The third kappa shape index (κ3) is 5.85. The molecule has 1 aromatic carbocycles. The van der Waals surface area contributed by atoms with E-state index in [1.54, 1.807) is 4.90 Å². The van der Waals surface area contributed by atoms with Crippen LogP contribution >= 0.6 is 28.3 Å². The minimum Gasteiger partial charge on any atom is -0.344 e. The molecule has 0 bridgehead atoms. The second-order valence-corrected chi connectivity index (χ2v) is 4.86. The van der Waals surface area contributed by atoms with Crippen LogP contribution in [0.1, 0.15) is 12.0 Å². The smallest absolute Gasteiger partial charge is 0.222 e. The van der Waals surface area contributed by atoms with Gasteiger partial charge in [-0.2, -0.15) is 0 Å². The fourth-order valence-electron chi connectivity index (χ4n) is 1.54. The monoisotopic (exact) mass is 334 g/mol. The molecular weight excluding hydrogens is 316 g/mol. The van der Waals surface area contributed by atoms with Gasteiger partial charge in [-0.3, -0.25) is 4.79 Å². The van der Waals surface area contributed by atoms with Gasteiger partial charge in [-0.25, -0.2) is 0 Å². The van der Waals surface area contributed by atoms with Crippen molar-refractivity contribution in [2.75, 3.05) is 27.2 Å². The van der Waals surface area contributed by atoms with Gasteiger partial charge in [0.2, 0.25) is 5.91 Å². The maximum absolute atomic E-state index is 11.8. The number of halogens is 2. The predicted octanol–water partition coefficient (Wildman–Crippen LogP) is 2.48. The minimum absolute atomic E-state index is 0. The van der Waals surface area contributed by atoms with E-state index in [9.17, 15) is 4.79 Å². The Morgan fingerprint density at radius 3 is 2.67 bits per heavy atom. The average molecular weight is 336 g/mol. The van der Waals surface area contributed by atoms with Gasteiger partial charge in [0.25, 0.3) is 0 Å². The van der Waals surface area contributed by atoms with Crippen molar-refractivity contribution in [2.24, 2.45) is 0 Å². The lowest BCUT2D eigenvalue weighted by Crippen LogP contribution is -2.32. The van der Waals surface area contributed by atoms with E-state index in [0.29, 0.717) is 6.42 Å². The van der Waals surface area contributed by atoms with Gasteiger partial charge < -0.3 is 10.2 Å². The molecule has 0 atom stereocenters. The molecule has 0 aliphatic heterocycles. The predicted molar refractivity (Wildman–Crippen MR) is 81.3 cm³/mol. The first-order chi connectivity index (χ1) is 8.15. The molecule has 0 spiro atoms. The molecule has 0 aromatic heterocycles. The summed E-state index contributed by atoms with van der Waals surface area (Å²) in [6, 6.07) is 8.03. The normalized spacial score (nSPS) is 9.72. The van der Waals surface area contributed by atoms with Crippen LogP contribution < -0.4 is 5.32 Å². The summed E-state index contributed by atoms with van der Waals surface area (Å²) in [5.74, 6) is 0.191. The largest absolute Gasteiger partial charge is 0.344 e. The Hall–Kier alpha value is -0.580. The van der Waals surface area contributed by atoms with Crippen LogP contribution in [0.5, 0.6) is 0 Å². The molecule has 1 rings (SSSR count). The summed E-state index contributed by atoms with van der Waals surface area (Å²) in [4.78, 5) is 13.6. The maximum Gasteiger partial charge on any atom is 0.222 e. The van der Waals surface area contributed by atoms with Crippen molar-refractivity contribution in [2.45, 2.75) is 12.8 Å². The highest BCUT2D eigenvalue weighted by atomic mass is 79.9. The highest BCUT2D eigenvalue weighted by Gasteiger charge is 2.08. The zero-order valence-electron chi connectivity index (χ0n) is 10.8. The first-order valence-electron chi connectivity index (χ1n) is 5.77. The van der Waals surface area contributed by atoms with Crippen molar-refractivity contribution < 1.29 is 4.79 Å². The molecule has 5 heteroatoms. The molecule has 1 amide bonds. The van der Waals surface area contributed by atoms with E-state index in [2.05, 4.69) is 21.2 Å². The molecule has 102 valence electrons. The van der Waals surface area contributed by atoms with Crippen LogP contribution in [0.2, 0.25) is 0 Å². The van der Waals surface area contributed by atoms with E-state index in [-0.39, 0.29) is 18.3 Å². The summed E-state index contributed by atoms with van der Waals surface area (Å²) in [7, 11) is 3.74. The highest BCUT2D eigenvalue weighted by molar-refractivity contribution is 9.10. The number of benzene rings is 1. The second kappa shape index (κ2) is 9.36. The standard InChI is InChI=1S/C13H19BrN2O.ClH/c1-15-9-10-16(2)13(17)8-7-11-5-3-4-6-12(11)14;/h3-6,15H,7-10H2,1-2H3;1H. The van der Waals surface area contributed by atoms with Crippen molar-refractivity contribution in [1.29, 1.82) is 0 Å². The lowest BCUT2D eigenvalue weighted by molar-refractivity contribution is -0.129. The highest BCUT2D eigenvalue weighted by Crippen LogP contribution is 2.17. The van der Waals surface area contributed by atoms with Crippen molar-refractivity contribution in [3.8, 4) is 0 Å². The van der Waals surface area contributed by atoms with E-state index in [1.807, 2.05) is 38.4 Å². The van der Waals surface area contributed by atoms with E-state index in [0.717, 1.165) is 24.0 Å². The number of likely N-dealkylation sites (N-methyl/N-ethyl adjacent to an activating group) is 2. The quantitative estimate of drug-likeness (QED) is 0.866. The van der Waals surface area contributed by atoms with E-state index in [1.165, 1.54) is 5.56 Å². The van der Waals surface area contributed by atoms with Crippen LogP contribution in [0.15, 0.2) is 28.7 Å². The van der Waals surface area contributed by atoms with Gasteiger partial charge in [0.15, 0.2) is 0 Å². The Morgan fingerprint density at radius 1 is 1.39 bits per heavy atom. The van der Waals surface area contributed by atoms with Crippen molar-refractivity contribution in [1.82, 2.24) is 10.2 Å². The van der Waals surface area contributed by atoms with Gasteiger partial charge in [-0.15, -0.1) is 12.4 Å². The lowest BCUT2D eigenvalue weighted by atomic mass is 10.1. The molecule has 0 saturated carbocycles. The van der Waals surface area contributed by atoms with E-state index in [4.69, 9.17) is 0 Å². The minimum atomic E-state index is 0. The molecule has 0 heterocycles. The summed E-state index contributed by atoms with van der Waals surface area (Å²) in [5.41, 5.74) is 1.18. The number of nitrogens with one attached hydrogen (secondary N) is 1. The molecule has 1 aromatic rings. The molecule has 0 saturated heterocycles. The Bertz CT molecular complexity index is 374. The van der Waals surface area contributed by atoms with Gasteiger partial charge in [-0.1, -0.05) is 34.1 Å². The second-order valence-electron chi connectivity index (χ2n) is 4.01. The van der Waals surface area contributed by atoms with Crippen LogP contribution in [0.4, 0.5) is 0 Å². The van der Waals surface area contributed by atoms with Gasteiger partial charge in [0.05, 0.1) is 0 Å². The number of nitrogens with zero attached hydrogens (tertiary/aromatic N) is 1. The van der Waals surface area contributed by atoms with E-state index >= 15 is 0 Å². The Labute approximate surface area is 123 Å². The molecule has 3 nitrogen and oxygen atoms in total. The first kappa shape index (κ1) is 17.4. The maximum atomic E-state index is 11.8. The SMILES string of the molecule is CNCCN(C)C(=O)CCc1ccccc1Br.Cl. The molecule has 0 fully saturated rings. The first-order valence-corrected chi connectivity index (χ1v) is 6.56. The average Bonchev–Trinajstić information content (AvgIpc) is 2.34. The number of carbonyl (C=O) groups is 1. The van der Waals surface area contributed by atoms with Crippen molar-refractivity contribution in [3.63, 3.8) is 0 Å². The van der Waals surface area contributed by atoms with Gasteiger partial charge in [-0.05, 0) is 25.1 Å². The third-order valence-electron chi connectivity index (χ3n) is 2.69. The zero-order valence-corrected chi connectivity index (χ0v) is 13.2. The molecule has 0 aliphatic carbocycles. The van der Waals surface area contributed by atoms with Gasteiger partial charge >= 0.3 is 0 Å². The van der Waals surface area contributed by atoms with Crippen LogP contribution in [-0.2, 0) is 11.2 Å². The Balaban J connectivity index is 0.00000289. The molecule has 1 N–H and O–H groups in total. The number of hydrogen-bond acceptors (Lipinski definition) is 2. The Morgan fingerprint density at radius 2 is 2.06 bits per heavy atom. The van der Waals surface area contributed by atoms with E-state index < -0.39 is 0 Å². The fraction of sp³-hybridized carbons (Fsp3) is 0.462. The molecular formula is C13H20BrClN2O. The summed E-state index contributed by atoms with van der Waals surface area (Å²) in [6.07, 6.45) is 1.34. The number of carbonyl (C=O) groups excluding carboxylic acids is 1. The summed E-state index contributed by atoms with van der Waals surface area (Å²) in [6.45, 7) is 1.59.